The second-order valence-electron chi connectivity index (χ2n) is 6.43. The maximum absolute atomic E-state index is 12.4. The lowest BCUT2D eigenvalue weighted by Crippen LogP contribution is -2.39. The highest BCUT2D eigenvalue weighted by Gasteiger charge is 2.24. The molecule has 0 fully saturated rings. The van der Waals surface area contributed by atoms with Gasteiger partial charge in [-0.15, -0.1) is 0 Å². The minimum absolute atomic E-state index is 0.0674. The molecule has 0 aliphatic heterocycles. The van der Waals surface area contributed by atoms with Crippen molar-refractivity contribution >= 4 is 58.3 Å². The summed E-state index contributed by atoms with van der Waals surface area (Å²) in [5, 5.41) is 25.6. The molecule has 0 saturated carbocycles. The number of nitro groups is 1. The van der Waals surface area contributed by atoms with E-state index >= 15 is 0 Å². The van der Waals surface area contributed by atoms with Gasteiger partial charge in [-0.25, -0.2) is 4.98 Å². The van der Waals surface area contributed by atoms with E-state index in [0.717, 1.165) is 12.3 Å². The Hall–Kier alpha value is -3.15. The molecule has 0 radical (unpaired) electrons. The number of phenolic OH excluding ortho intramolecular Hbond substituents is 1. The van der Waals surface area contributed by atoms with Gasteiger partial charge < -0.3 is 20.5 Å². The number of pyridine rings is 1. The zero-order valence-corrected chi connectivity index (χ0v) is 19.2. The number of phenols is 1. The van der Waals surface area contributed by atoms with Gasteiger partial charge in [-0.3, -0.25) is 24.5 Å². The minimum atomic E-state index is -1.08. The van der Waals surface area contributed by atoms with Crippen molar-refractivity contribution in [3.05, 3.63) is 60.8 Å². The van der Waals surface area contributed by atoms with Crippen LogP contribution >= 0.6 is 34.8 Å². The van der Waals surface area contributed by atoms with Crippen LogP contribution in [0.15, 0.2) is 24.4 Å². The van der Waals surface area contributed by atoms with E-state index in [1.54, 1.807) is 6.92 Å². The smallest absolute Gasteiger partial charge is 0.308 e. The summed E-state index contributed by atoms with van der Waals surface area (Å²) in [6, 6.07) is 2.44. The summed E-state index contributed by atoms with van der Waals surface area (Å²) >= 11 is 17.5. The standard InChI is InChI=1S/C19H17Cl3N4O7/c1-2-33-16(28)6-13(11-4-10(20)5-12(21)17(11)29)25-15(27)8-24-19(30)9-3-14(26(31)32)18(22)23-7-9/h3-5,7,13,29H,2,6,8H2,1H3,(H,24,30)(H,25,27). The first kappa shape index (κ1) is 26.1. The van der Waals surface area contributed by atoms with Crippen molar-refractivity contribution in [1.82, 2.24) is 15.6 Å². The molecule has 0 bridgehead atoms. The molecular weight excluding hydrogens is 503 g/mol. The lowest BCUT2D eigenvalue weighted by Gasteiger charge is -2.20. The molecule has 1 atom stereocenters. The lowest BCUT2D eigenvalue weighted by molar-refractivity contribution is -0.385. The van der Waals surface area contributed by atoms with Gasteiger partial charge >= 0.3 is 11.7 Å². The van der Waals surface area contributed by atoms with Crippen LogP contribution in [0.2, 0.25) is 15.2 Å². The van der Waals surface area contributed by atoms with Gasteiger partial charge in [-0.05, 0) is 19.1 Å². The number of carbonyl (C=O) groups excluding carboxylic acids is 3. The normalized spacial score (nSPS) is 11.4. The van der Waals surface area contributed by atoms with E-state index in [-0.39, 0.29) is 39.9 Å². The molecule has 0 spiro atoms. The average molecular weight is 520 g/mol. The fraction of sp³-hybridized carbons (Fsp3) is 0.263. The molecule has 0 aliphatic carbocycles. The van der Waals surface area contributed by atoms with E-state index in [4.69, 9.17) is 39.5 Å². The molecule has 3 N–H and O–H groups in total. The summed E-state index contributed by atoms with van der Waals surface area (Å²) in [4.78, 5) is 50.4. The number of hydrogen-bond acceptors (Lipinski definition) is 8. The van der Waals surface area contributed by atoms with E-state index in [0.29, 0.717) is 0 Å². The number of rotatable bonds is 9. The third kappa shape index (κ3) is 7.17. The summed E-state index contributed by atoms with van der Waals surface area (Å²) in [5.74, 6) is -2.63. The van der Waals surface area contributed by atoms with E-state index in [1.807, 2.05) is 0 Å². The number of carbonyl (C=O) groups is 3. The monoisotopic (exact) mass is 518 g/mol. The SMILES string of the molecule is CCOC(=O)CC(NC(=O)CNC(=O)c1cnc(Cl)c([N+](=O)[O-])c1)c1cc(Cl)cc(Cl)c1O. The van der Waals surface area contributed by atoms with Crippen LogP contribution in [0.3, 0.4) is 0 Å². The van der Waals surface area contributed by atoms with Gasteiger partial charge in [-0.1, -0.05) is 34.8 Å². The van der Waals surface area contributed by atoms with Crippen LogP contribution < -0.4 is 10.6 Å². The molecule has 1 heterocycles. The Morgan fingerprint density at radius 1 is 1.24 bits per heavy atom. The predicted molar refractivity (Wildman–Crippen MR) is 118 cm³/mol. The van der Waals surface area contributed by atoms with Crippen molar-refractivity contribution in [2.75, 3.05) is 13.2 Å². The largest absolute Gasteiger partial charge is 0.506 e. The van der Waals surface area contributed by atoms with Crippen molar-refractivity contribution < 1.29 is 29.2 Å². The summed E-state index contributed by atoms with van der Waals surface area (Å²) < 4.78 is 4.89. The maximum atomic E-state index is 12.4. The summed E-state index contributed by atoms with van der Waals surface area (Å²) in [6.07, 6.45) is 0.656. The van der Waals surface area contributed by atoms with Crippen molar-refractivity contribution in [2.24, 2.45) is 0 Å². The third-order valence-corrected chi connectivity index (χ3v) is 4.93. The van der Waals surface area contributed by atoms with Gasteiger partial charge in [-0.2, -0.15) is 0 Å². The fourth-order valence-corrected chi connectivity index (χ4v) is 3.36. The Kier molecular flexibility index (Phi) is 9.21. The molecule has 176 valence electrons. The van der Waals surface area contributed by atoms with E-state index in [2.05, 4.69) is 15.6 Å². The van der Waals surface area contributed by atoms with Crippen LogP contribution in [-0.4, -0.2) is 45.9 Å². The Labute approximate surface area is 202 Å². The number of ether oxygens (including phenoxy) is 1. The molecule has 0 aliphatic rings. The minimum Gasteiger partial charge on any atom is -0.506 e. The maximum Gasteiger partial charge on any atom is 0.308 e. The molecule has 1 aromatic heterocycles. The Balaban J connectivity index is 2.15. The molecular formula is C19H17Cl3N4O7. The van der Waals surface area contributed by atoms with Crippen LogP contribution in [-0.2, 0) is 14.3 Å². The molecule has 2 amide bonds. The highest BCUT2D eigenvalue weighted by Crippen LogP contribution is 2.36. The van der Waals surface area contributed by atoms with Crippen LogP contribution in [0.4, 0.5) is 5.69 Å². The fourth-order valence-electron chi connectivity index (χ4n) is 2.67. The second-order valence-corrected chi connectivity index (χ2v) is 7.63. The zero-order valence-electron chi connectivity index (χ0n) is 16.9. The number of hydrogen-bond donors (Lipinski definition) is 3. The van der Waals surface area contributed by atoms with E-state index in [9.17, 15) is 29.6 Å². The van der Waals surface area contributed by atoms with Crippen LogP contribution in [0.1, 0.15) is 35.3 Å². The van der Waals surface area contributed by atoms with Crippen LogP contribution in [0.25, 0.3) is 0 Å². The second kappa shape index (κ2) is 11.6. The summed E-state index contributed by atoms with van der Waals surface area (Å²) in [7, 11) is 0. The van der Waals surface area contributed by atoms with Gasteiger partial charge in [0.25, 0.3) is 5.91 Å². The number of amides is 2. The number of aromatic nitrogens is 1. The summed E-state index contributed by atoms with van der Waals surface area (Å²) in [5.41, 5.74) is -0.699. The predicted octanol–water partition coefficient (Wildman–Crippen LogP) is 3.20. The van der Waals surface area contributed by atoms with E-state index in [1.165, 1.54) is 12.1 Å². The molecule has 1 unspecified atom stereocenters. The molecule has 33 heavy (non-hydrogen) atoms. The molecule has 14 heteroatoms. The number of esters is 1. The summed E-state index contributed by atoms with van der Waals surface area (Å²) in [6.45, 7) is 1.13. The quantitative estimate of drug-likeness (QED) is 0.197. The number of aromatic hydroxyl groups is 1. The van der Waals surface area contributed by atoms with Gasteiger partial charge in [0, 0.05) is 22.8 Å². The van der Waals surface area contributed by atoms with Gasteiger partial charge in [0.15, 0.2) is 0 Å². The zero-order chi connectivity index (χ0) is 24.7. The van der Waals surface area contributed by atoms with Gasteiger partial charge in [0.2, 0.25) is 11.1 Å². The van der Waals surface area contributed by atoms with Crippen LogP contribution in [0, 0.1) is 10.1 Å². The number of halogens is 3. The first-order valence-corrected chi connectivity index (χ1v) is 10.4. The average Bonchev–Trinajstić information content (AvgIpc) is 2.74. The molecule has 0 saturated heterocycles. The Morgan fingerprint density at radius 3 is 2.58 bits per heavy atom. The topological polar surface area (TPSA) is 161 Å². The van der Waals surface area contributed by atoms with Crippen molar-refractivity contribution in [1.29, 1.82) is 0 Å². The number of nitrogens with one attached hydrogen (secondary N) is 2. The number of benzene rings is 1. The van der Waals surface area contributed by atoms with Crippen molar-refractivity contribution in [2.45, 2.75) is 19.4 Å². The van der Waals surface area contributed by atoms with Crippen LogP contribution in [0.5, 0.6) is 5.75 Å². The first-order valence-electron chi connectivity index (χ1n) is 9.24. The highest BCUT2D eigenvalue weighted by atomic mass is 35.5. The lowest BCUT2D eigenvalue weighted by atomic mass is 10.0. The van der Waals surface area contributed by atoms with Gasteiger partial charge in [0.05, 0.1) is 41.1 Å². The van der Waals surface area contributed by atoms with Crippen molar-refractivity contribution in [3.63, 3.8) is 0 Å². The molecule has 11 nitrogen and oxygen atoms in total. The van der Waals surface area contributed by atoms with E-state index < -0.39 is 46.1 Å². The molecule has 2 rings (SSSR count). The third-order valence-electron chi connectivity index (χ3n) is 4.13. The Bertz CT molecular complexity index is 1100. The molecule has 2 aromatic rings. The van der Waals surface area contributed by atoms with Gasteiger partial charge in [0.1, 0.15) is 5.75 Å². The highest BCUT2D eigenvalue weighted by molar-refractivity contribution is 6.35. The molecule has 1 aromatic carbocycles. The van der Waals surface area contributed by atoms with Crippen molar-refractivity contribution in [3.8, 4) is 5.75 Å². The first-order chi connectivity index (χ1) is 15.5. The Morgan fingerprint density at radius 2 is 1.94 bits per heavy atom. The number of nitrogens with zero attached hydrogens (tertiary/aromatic N) is 2.